The predicted octanol–water partition coefficient (Wildman–Crippen LogP) is 3.33. The molecule has 0 radical (unpaired) electrons. The highest BCUT2D eigenvalue weighted by molar-refractivity contribution is 9.12. The monoisotopic (exact) mass is 254 g/mol. The van der Waals surface area contributed by atoms with Gasteiger partial charge in [0.1, 0.15) is 0 Å². The molecular formula is C7H12Br2. The van der Waals surface area contributed by atoms with E-state index in [0.29, 0.717) is 9.65 Å². The van der Waals surface area contributed by atoms with Crippen molar-refractivity contribution in [2.45, 2.75) is 35.8 Å². The van der Waals surface area contributed by atoms with E-state index in [0.717, 1.165) is 5.92 Å². The van der Waals surface area contributed by atoms with Gasteiger partial charge in [-0.2, -0.15) is 0 Å². The van der Waals surface area contributed by atoms with Crippen molar-refractivity contribution in [2.75, 3.05) is 0 Å². The Morgan fingerprint density at radius 2 is 1.78 bits per heavy atom. The van der Waals surface area contributed by atoms with Crippen LogP contribution in [0.25, 0.3) is 0 Å². The molecular weight excluding hydrogens is 244 g/mol. The summed E-state index contributed by atoms with van der Waals surface area (Å²) in [6.45, 7) is 2.33. The standard InChI is InChI=1S/C7H12Br2/c1-5-2-3-6(8)7(9)4-5/h5-7H,2-4H2,1H3. The number of halogens is 2. The van der Waals surface area contributed by atoms with E-state index in [1.165, 1.54) is 19.3 Å². The molecule has 2 heteroatoms. The SMILES string of the molecule is CC1CCC(Br)C(Br)C1. The van der Waals surface area contributed by atoms with Gasteiger partial charge in [0.15, 0.2) is 0 Å². The zero-order valence-corrected chi connectivity index (χ0v) is 8.78. The van der Waals surface area contributed by atoms with Crippen molar-refractivity contribution in [3.8, 4) is 0 Å². The minimum Gasteiger partial charge on any atom is -0.0879 e. The second-order valence-corrected chi connectivity index (χ2v) is 5.30. The maximum Gasteiger partial charge on any atom is 0.0273 e. The summed E-state index contributed by atoms with van der Waals surface area (Å²) < 4.78 is 0. The van der Waals surface area contributed by atoms with Gasteiger partial charge in [-0.05, 0) is 25.2 Å². The van der Waals surface area contributed by atoms with E-state index in [4.69, 9.17) is 0 Å². The Morgan fingerprint density at radius 3 is 2.22 bits per heavy atom. The Morgan fingerprint density at radius 1 is 1.11 bits per heavy atom. The first kappa shape index (κ1) is 8.06. The van der Waals surface area contributed by atoms with Gasteiger partial charge in [-0.3, -0.25) is 0 Å². The molecule has 0 nitrogen and oxygen atoms in total. The molecule has 0 aromatic heterocycles. The highest BCUT2D eigenvalue weighted by Crippen LogP contribution is 2.32. The van der Waals surface area contributed by atoms with Crippen LogP contribution in [0.1, 0.15) is 26.2 Å². The molecule has 1 rings (SSSR count). The van der Waals surface area contributed by atoms with Gasteiger partial charge in [-0.25, -0.2) is 0 Å². The normalized spacial score (nSPS) is 45.0. The Balaban J connectivity index is 2.35. The first-order valence-electron chi connectivity index (χ1n) is 3.48. The number of hydrogen-bond donors (Lipinski definition) is 0. The zero-order chi connectivity index (χ0) is 6.85. The van der Waals surface area contributed by atoms with Crippen LogP contribution in [0, 0.1) is 5.92 Å². The summed E-state index contributed by atoms with van der Waals surface area (Å²) in [4.78, 5) is 1.43. The van der Waals surface area contributed by atoms with Gasteiger partial charge in [0.2, 0.25) is 0 Å². The van der Waals surface area contributed by atoms with Gasteiger partial charge in [-0.1, -0.05) is 38.8 Å². The van der Waals surface area contributed by atoms with Crippen LogP contribution in [0.4, 0.5) is 0 Å². The van der Waals surface area contributed by atoms with E-state index in [1.807, 2.05) is 0 Å². The molecule has 0 aromatic carbocycles. The van der Waals surface area contributed by atoms with Crippen molar-refractivity contribution in [3.05, 3.63) is 0 Å². The Hall–Kier alpha value is 0.960. The number of rotatable bonds is 0. The van der Waals surface area contributed by atoms with E-state index in [2.05, 4.69) is 38.8 Å². The van der Waals surface area contributed by atoms with Crippen LogP contribution in [0.2, 0.25) is 0 Å². The molecule has 3 unspecified atom stereocenters. The average Bonchev–Trinajstić information content (AvgIpc) is 1.80. The van der Waals surface area contributed by atoms with Gasteiger partial charge in [-0.15, -0.1) is 0 Å². The molecule has 0 amide bonds. The number of alkyl halides is 2. The van der Waals surface area contributed by atoms with E-state index in [-0.39, 0.29) is 0 Å². The zero-order valence-electron chi connectivity index (χ0n) is 5.61. The van der Waals surface area contributed by atoms with E-state index < -0.39 is 0 Å². The van der Waals surface area contributed by atoms with Gasteiger partial charge in [0.25, 0.3) is 0 Å². The molecule has 9 heavy (non-hydrogen) atoms. The lowest BCUT2D eigenvalue weighted by Crippen LogP contribution is -2.23. The van der Waals surface area contributed by atoms with E-state index >= 15 is 0 Å². The maximum absolute atomic E-state index is 3.65. The van der Waals surface area contributed by atoms with Crippen molar-refractivity contribution in [2.24, 2.45) is 5.92 Å². The Labute approximate surface area is 73.7 Å². The minimum atomic E-state index is 0.709. The molecule has 0 aliphatic heterocycles. The summed E-state index contributed by atoms with van der Waals surface area (Å²) in [6.07, 6.45) is 4.05. The van der Waals surface area contributed by atoms with Crippen LogP contribution >= 0.6 is 31.9 Å². The van der Waals surface area contributed by atoms with Crippen LogP contribution in [0.5, 0.6) is 0 Å². The quantitative estimate of drug-likeness (QED) is 0.583. The van der Waals surface area contributed by atoms with Crippen molar-refractivity contribution in [1.29, 1.82) is 0 Å². The van der Waals surface area contributed by atoms with Crippen molar-refractivity contribution in [1.82, 2.24) is 0 Å². The smallest absolute Gasteiger partial charge is 0.0273 e. The van der Waals surface area contributed by atoms with Crippen LogP contribution in [0.3, 0.4) is 0 Å². The fourth-order valence-corrected chi connectivity index (χ4v) is 2.66. The molecule has 0 aromatic rings. The molecule has 0 N–H and O–H groups in total. The van der Waals surface area contributed by atoms with Crippen LogP contribution in [0.15, 0.2) is 0 Å². The summed E-state index contributed by atoms with van der Waals surface area (Å²) >= 11 is 7.28. The minimum absolute atomic E-state index is 0.709. The summed E-state index contributed by atoms with van der Waals surface area (Å²) in [6, 6.07) is 0. The summed E-state index contributed by atoms with van der Waals surface area (Å²) in [5.74, 6) is 0.920. The molecule has 54 valence electrons. The molecule has 1 saturated carbocycles. The third-order valence-corrected chi connectivity index (χ3v) is 4.77. The molecule has 0 heterocycles. The molecule has 3 atom stereocenters. The van der Waals surface area contributed by atoms with Gasteiger partial charge in [0, 0.05) is 9.65 Å². The molecule has 0 spiro atoms. The number of hydrogen-bond acceptors (Lipinski definition) is 0. The van der Waals surface area contributed by atoms with Gasteiger partial charge >= 0.3 is 0 Å². The third kappa shape index (κ3) is 2.23. The average molecular weight is 256 g/mol. The first-order chi connectivity index (χ1) is 4.20. The van der Waals surface area contributed by atoms with Crippen LogP contribution < -0.4 is 0 Å². The highest BCUT2D eigenvalue weighted by atomic mass is 79.9. The van der Waals surface area contributed by atoms with Gasteiger partial charge in [0.05, 0.1) is 0 Å². The highest BCUT2D eigenvalue weighted by Gasteiger charge is 2.23. The maximum atomic E-state index is 3.65. The van der Waals surface area contributed by atoms with Crippen LogP contribution in [-0.4, -0.2) is 9.65 Å². The lowest BCUT2D eigenvalue weighted by Gasteiger charge is -2.26. The molecule has 0 bridgehead atoms. The lowest BCUT2D eigenvalue weighted by molar-refractivity contribution is 0.408. The summed E-state index contributed by atoms with van der Waals surface area (Å²) in [7, 11) is 0. The second-order valence-electron chi connectivity index (χ2n) is 2.95. The van der Waals surface area contributed by atoms with Gasteiger partial charge < -0.3 is 0 Å². The molecule has 1 aliphatic carbocycles. The Bertz CT molecular complexity index is 92.9. The predicted molar refractivity (Wildman–Crippen MR) is 48.4 cm³/mol. The van der Waals surface area contributed by atoms with E-state index in [1.54, 1.807) is 0 Å². The molecule has 1 fully saturated rings. The topological polar surface area (TPSA) is 0 Å². The molecule has 0 saturated heterocycles. The fraction of sp³-hybridized carbons (Fsp3) is 1.00. The molecule has 1 aliphatic rings. The van der Waals surface area contributed by atoms with Crippen molar-refractivity contribution < 1.29 is 0 Å². The lowest BCUT2D eigenvalue weighted by atomic mass is 9.91. The summed E-state index contributed by atoms with van der Waals surface area (Å²) in [5, 5.41) is 0. The third-order valence-electron chi connectivity index (χ3n) is 1.96. The first-order valence-corrected chi connectivity index (χ1v) is 5.31. The van der Waals surface area contributed by atoms with Crippen LogP contribution in [-0.2, 0) is 0 Å². The Kier molecular flexibility index (Phi) is 3.03. The fourth-order valence-electron chi connectivity index (χ4n) is 1.27. The summed E-state index contributed by atoms with van der Waals surface area (Å²) in [5.41, 5.74) is 0. The van der Waals surface area contributed by atoms with Crippen molar-refractivity contribution >= 4 is 31.9 Å². The largest absolute Gasteiger partial charge is 0.0879 e. The van der Waals surface area contributed by atoms with E-state index in [9.17, 15) is 0 Å². The second kappa shape index (κ2) is 3.38. The van der Waals surface area contributed by atoms with Crippen molar-refractivity contribution in [3.63, 3.8) is 0 Å².